The van der Waals surface area contributed by atoms with Crippen LogP contribution in [0.4, 0.5) is 5.69 Å². The van der Waals surface area contributed by atoms with Crippen LogP contribution in [0.5, 0.6) is 0 Å². The zero-order valence-corrected chi connectivity index (χ0v) is 11.5. The van der Waals surface area contributed by atoms with Crippen LogP contribution < -0.4 is 0 Å². The molecule has 0 radical (unpaired) electrons. The van der Waals surface area contributed by atoms with E-state index in [-0.39, 0.29) is 6.61 Å². The van der Waals surface area contributed by atoms with E-state index in [1.54, 1.807) is 6.20 Å². The molecule has 5 nitrogen and oxygen atoms in total. The summed E-state index contributed by atoms with van der Waals surface area (Å²) in [5.74, 6) is 0.614. The quantitative estimate of drug-likeness (QED) is 0.611. The first-order valence-corrected chi connectivity index (χ1v) is 6.54. The highest BCUT2D eigenvalue weighted by atomic mass is 16.6. The summed E-state index contributed by atoms with van der Waals surface area (Å²) in [4.78, 5) is 17.5. The molecule has 0 aromatic heterocycles. The van der Waals surface area contributed by atoms with Gasteiger partial charge in [0, 0.05) is 19.2 Å². The fraction of sp³-hybridized carbons (Fsp3) is 0.333. The monoisotopic (exact) mass is 274 g/mol. The predicted octanol–water partition coefficient (Wildman–Crippen LogP) is 2.47. The minimum absolute atomic E-state index is 0.0774. The molecule has 0 N–H and O–H groups in total. The molecular formula is C15H18N2O3. The van der Waals surface area contributed by atoms with Gasteiger partial charge in [0.2, 0.25) is 0 Å². The van der Waals surface area contributed by atoms with E-state index in [9.17, 15) is 4.79 Å². The molecule has 0 amide bonds. The number of hydrogen-bond acceptors (Lipinski definition) is 4. The van der Waals surface area contributed by atoms with Gasteiger partial charge in [0.15, 0.2) is 6.61 Å². The highest BCUT2D eigenvalue weighted by Crippen LogP contribution is 2.18. The number of esters is 1. The number of methoxy groups -OCH3 is 1. The van der Waals surface area contributed by atoms with Crippen LogP contribution in [0.2, 0.25) is 0 Å². The van der Waals surface area contributed by atoms with E-state index in [1.165, 1.54) is 13.4 Å². The maximum atomic E-state index is 10.9. The number of benzene rings is 1. The van der Waals surface area contributed by atoms with Crippen LogP contribution >= 0.6 is 0 Å². The van der Waals surface area contributed by atoms with Crippen molar-refractivity contribution in [1.82, 2.24) is 4.90 Å². The number of para-hydroxylation sites is 1. The van der Waals surface area contributed by atoms with Crippen molar-refractivity contribution < 1.29 is 14.3 Å². The number of hydrogen-bond donors (Lipinski definition) is 0. The Morgan fingerprint density at radius 2 is 2.20 bits per heavy atom. The third-order valence-corrected chi connectivity index (χ3v) is 2.91. The minimum atomic E-state index is -0.394. The topological polar surface area (TPSA) is 51.1 Å². The van der Waals surface area contributed by atoms with Crippen LogP contribution in [0.25, 0.3) is 0 Å². The SMILES string of the molecule is COC(=O)COC=CN1CCCC1=Nc1ccccc1. The molecule has 1 fully saturated rings. The molecule has 0 spiro atoms. The highest BCUT2D eigenvalue weighted by molar-refractivity contribution is 5.87. The van der Waals surface area contributed by atoms with Crippen molar-refractivity contribution in [1.29, 1.82) is 0 Å². The third kappa shape index (κ3) is 4.12. The van der Waals surface area contributed by atoms with Crippen LogP contribution in [0.3, 0.4) is 0 Å². The van der Waals surface area contributed by atoms with Gasteiger partial charge in [0.25, 0.3) is 0 Å². The van der Waals surface area contributed by atoms with Gasteiger partial charge in [-0.1, -0.05) is 18.2 Å². The predicted molar refractivity (Wildman–Crippen MR) is 76.6 cm³/mol. The summed E-state index contributed by atoms with van der Waals surface area (Å²) >= 11 is 0. The summed E-state index contributed by atoms with van der Waals surface area (Å²) in [6.45, 7) is 0.829. The second kappa shape index (κ2) is 7.33. The Morgan fingerprint density at radius 3 is 2.95 bits per heavy atom. The van der Waals surface area contributed by atoms with Crippen molar-refractivity contribution in [2.45, 2.75) is 12.8 Å². The van der Waals surface area contributed by atoms with E-state index < -0.39 is 5.97 Å². The molecule has 1 aromatic rings. The van der Waals surface area contributed by atoms with Crippen molar-refractivity contribution in [3.63, 3.8) is 0 Å². The van der Waals surface area contributed by atoms with Gasteiger partial charge < -0.3 is 14.4 Å². The zero-order valence-electron chi connectivity index (χ0n) is 11.5. The van der Waals surface area contributed by atoms with Crippen molar-refractivity contribution >= 4 is 17.5 Å². The van der Waals surface area contributed by atoms with E-state index in [2.05, 4.69) is 9.73 Å². The number of ether oxygens (including phenoxy) is 2. The molecule has 0 atom stereocenters. The second-order valence-corrected chi connectivity index (χ2v) is 4.33. The molecule has 1 aliphatic rings. The summed E-state index contributed by atoms with van der Waals surface area (Å²) < 4.78 is 9.58. The summed E-state index contributed by atoms with van der Waals surface area (Å²) in [5.41, 5.74) is 0.943. The molecule has 2 rings (SSSR count). The van der Waals surface area contributed by atoms with E-state index in [1.807, 2.05) is 35.2 Å². The summed E-state index contributed by atoms with van der Waals surface area (Å²) in [5, 5.41) is 0. The maximum Gasteiger partial charge on any atom is 0.343 e. The van der Waals surface area contributed by atoms with Crippen LogP contribution in [-0.4, -0.2) is 37.0 Å². The standard InChI is InChI=1S/C15H18N2O3/c1-19-15(18)12-20-11-10-17-9-5-8-14(17)16-13-6-3-2-4-7-13/h2-4,6-7,10-11H,5,8-9,12H2,1H3. The Kier molecular flexibility index (Phi) is 5.17. The molecule has 1 saturated heterocycles. The van der Waals surface area contributed by atoms with Gasteiger partial charge in [-0.2, -0.15) is 0 Å². The summed E-state index contributed by atoms with van der Waals surface area (Å²) in [7, 11) is 1.33. The Labute approximate surface area is 118 Å². The van der Waals surface area contributed by atoms with Gasteiger partial charge in [-0.25, -0.2) is 9.79 Å². The van der Waals surface area contributed by atoms with Crippen LogP contribution in [-0.2, 0) is 14.3 Å². The molecule has 0 saturated carbocycles. The average Bonchev–Trinajstić information content (AvgIpc) is 2.91. The number of aliphatic imine (C=N–C) groups is 1. The molecule has 1 aliphatic heterocycles. The van der Waals surface area contributed by atoms with Crippen molar-refractivity contribution in [3.05, 3.63) is 42.8 Å². The van der Waals surface area contributed by atoms with Gasteiger partial charge >= 0.3 is 5.97 Å². The van der Waals surface area contributed by atoms with Gasteiger partial charge in [-0.3, -0.25) is 0 Å². The molecule has 20 heavy (non-hydrogen) atoms. The zero-order chi connectivity index (χ0) is 14.2. The van der Waals surface area contributed by atoms with E-state index in [0.717, 1.165) is 30.9 Å². The lowest BCUT2D eigenvalue weighted by molar-refractivity contribution is -0.144. The number of amidine groups is 1. The summed E-state index contributed by atoms with van der Waals surface area (Å²) in [6, 6.07) is 9.85. The molecule has 1 aromatic carbocycles. The Hall–Kier alpha value is -2.30. The first-order chi connectivity index (χ1) is 9.79. The molecule has 1 heterocycles. The fourth-order valence-electron chi connectivity index (χ4n) is 1.90. The van der Waals surface area contributed by atoms with E-state index in [4.69, 9.17) is 4.74 Å². The van der Waals surface area contributed by atoms with Crippen molar-refractivity contribution in [3.8, 4) is 0 Å². The van der Waals surface area contributed by atoms with Gasteiger partial charge in [0.05, 0.1) is 19.1 Å². The minimum Gasteiger partial charge on any atom is -0.488 e. The average molecular weight is 274 g/mol. The van der Waals surface area contributed by atoms with Crippen molar-refractivity contribution in [2.75, 3.05) is 20.3 Å². The normalized spacial score (nSPS) is 16.9. The van der Waals surface area contributed by atoms with Crippen LogP contribution in [0.1, 0.15) is 12.8 Å². The number of carbonyl (C=O) groups is 1. The van der Waals surface area contributed by atoms with Crippen LogP contribution in [0.15, 0.2) is 47.8 Å². The van der Waals surface area contributed by atoms with E-state index in [0.29, 0.717) is 0 Å². The first-order valence-electron chi connectivity index (χ1n) is 6.54. The first kappa shape index (κ1) is 14.1. The van der Waals surface area contributed by atoms with Crippen LogP contribution in [0, 0.1) is 0 Å². The maximum absolute atomic E-state index is 10.9. The molecule has 0 unspecified atom stereocenters. The largest absolute Gasteiger partial charge is 0.488 e. The fourth-order valence-corrected chi connectivity index (χ4v) is 1.90. The Bertz CT molecular complexity index is 497. The lowest BCUT2D eigenvalue weighted by Gasteiger charge is -2.13. The van der Waals surface area contributed by atoms with Gasteiger partial charge in [-0.15, -0.1) is 0 Å². The molecule has 106 valence electrons. The van der Waals surface area contributed by atoms with Gasteiger partial charge in [0.1, 0.15) is 5.84 Å². The lowest BCUT2D eigenvalue weighted by atomic mass is 10.3. The van der Waals surface area contributed by atoms with Gasteiger partial charge in [-0.05, 0) is 18.6 Å². The lowest BCUT2D eigenvalue weighted by Crippen LogP contribution is -2.18. The number of nitrogens with zero attached hydrogens (tertiary/aromatic N) is 2. The van der Waals surface area contributed by atoms with Crippen molar-refractivity contribution in [2.24, 2.45) is 4.99 Å². The second-order valence-electron chi connectivity index (χ2n) is 4.33. The number of likely N-dealkylation sites (tertiary alicyclic amines) is 1. The Balaban J connectivity index is 1.92. The number of carbonyl (C=O) groups excluding carboxylic acids is 1. The third-order valence-electron chi connectivity index (χ3n) is 2.91. The summed E-state index contributed by atoms with van der Waals surface area (Å²) in [6.07, 6.45) is 5.31. The Morgan fingerprint density at radius 1 is 1.40 bits per heavy atom. The molecule has 5 heteroatoms. The number of rotatable bonds is 5. The highest BCUT2D eigenvalue weighted by Gasteiger charge is 2.16. The molecule has 0 bridgehead atoms. The molecule has 0 aliphatic carbocycles. The van der Waals surface area contributed by atoms with E-state index >= 15 is 0 Å². The molecular weight excluding hydrogens is 256 g/mol. The smallest absolute Gasteiger partial charge is 0.343 e.